The largest absolute Gasteiger partial charge is 0.464 e. The molecule has 1 amide bonds. The Labute approximate surface area is 153 Å². The third-order valence-electron chi connectivity index (χ3n) is 3.89. The number of amides is 1. The second-order valence-electron chi connectivity index (χ2n) is 6.01. The van der Waals surface area contributed by atoms with Crippen molar-refractivity contribution < 1.29 is 28.9 Å². The van der Waals surface area contributed by atoms with E-state index >= 15 is 0 Å². The number of nitrogens with one attached hydrogen (secondary N) is 2. The highest BCUT2D eigenvalue weighted by Gasteiger charge is 2.28. The molecule has 144 valence electrons. The van der Waals surface area contributed by atoms with Gasteiger partial charge < -0.3 is 15.2 Å². The summed E-state index contributed by atoms with van der Waals surface area (Å²) in [6.07, 6.45) is -0.116. The molecule has 1 aromatic heterocycles. The Hall–Kier alpha value is -3.05. The SMILES string of the molecule is C[C@H](O)CNC(=O)COc1nonc1C(=NC1Cc2ccc(F)cc21)NO. The highest BCUT2D eigenvalue weighted by molar-refractivity contribution is 5.98. The van der Waals surface area contributed by atoms with Crippen LogP contribution < -0.4 is 15.5 Å². The van der Waals surface area contributed by atoms with Crippen molar-refractivity contribution >= 4 is 11.7 Å². The first-order valence-electron chi connectivity index (χ1n) is 8.14. The molecule has 1 heterocycles. The number of carbonyl (C=O) groups excluding carboxylic acids is 1. The second-order valence-corrected chi connectivity index (χ2v) is 6.01. The van der Waals surface area contributed by atoms with Crippen molar-refractivity contribution in [1.29, 1.82) is 0 Å². The van der Waals surface area contributed by atoms with Gasteiger partial charge in [-0.05, 0) is 46.9 Å². The Bertz CT molecular complexity index is 853. The summed E-state index contributed by atoms with van der Waals surface area (Å²) in [4.78, 5) is 15.9. The number of aliphatic hydroxyl groups is 1. The lowest BCUT2D eigenvalue weighted by Gasteiger charge is -2.27. The Kier molecular flexibility index (Phi) is 5.62. The zero-order valence-corrected chi connectivity index (χ0v) is 14.3. The van der Waals surface area contributed by atoms with Gasteiger partial charge in [-0.1, -0.05) is 6.07 Å². The summed E-state index contributed by atoms with van der Waals surface area (Å²) in [5.74, 6) is -1.09. The van der Waals surface area contributed by atoms with Crippen molar-refractivity contribution in [2.75, 3.05) is 13.2 Å². The average molecular weight is 379 g/mol. The summed E-state index contributed by atoms with van der Waals surface area (Å²) < 4.78 is 23.2. The first kappa shape index (κ1) is 18.7. The third-order valence-corrected chi connectivity index (χ3v) is 3.89. The summed E-state index contributed by atoms with van der Waals surface area (Å²) in [7, 11) is 0. The lowest BCUT2D eigenvalue weighted by molar-refractivity contribution is -0.123. The molecule has 0 fully saturated rings. The van der Waals surface area contributed by atoms with Gasteiger partial charge in [0.1, 0.15) is 5.82 Å². The van der Waals surface area contributed by atoms with Gasteiger partial charge in [-0.25, -0.2) is 9.02 Å². The fourth-order valence-electron chi connectivity index (χ4n) is 2.53. The molecule has 1 unspecified atom stereocenters. The highest BCUT2D eigenvalue weighted by Crippen LogP contribution is 2.37. The molecule has 0 bridgehead atoms. The van der Waals surface area contributed by atoms with Gasteiger partial charge in [0.25, 0.3) is 11.8 Å². The fourth-order valence-corrected chi connectivity index (χ4v) is 2.53. The standard InChI is InChI=1S/C16H18FN5O5/c1-8(23)6-18-13(24)7-26-16-14(21-27-22-16)15(20-25)19-12-4-9-2-3-10(17)5-11(9)12/h2-3,5,8,12,23,25H,4,6-7H2,1H3,(H,18,24)(H,19,20)/t8-,12?/m0/s1. The van der Waals surface area contributed by atoms with E-state index in [-0.39, 0.29) is 35.8 Å². The molecule has 1 aliphatic carbocycles. The number of amidine groups is 1. The van der Waals surface area contributed by atoms with Crippen molar-refractivity contribution in [1.82, 2.24) is 21.1 Å². The highest BCUT2D eigenvalue weighted by atomic mass is 19.1. The Morgan fingerprint density at radius 3 is 3.07 bits per heavy atom. The van der Waals surface area contributed by atoms with E-state index in [4.69, 9.17) is 9.84 Å². The van der Waals surface area contributed by atoms with E-state index in [1.165, 1.54) is 19.1 Å². The van der Waals surface area contributed by atoms with Gasteiger partial charge in [-0.3, -0.25) is 20.5 Å². The van der Waals surface area contributed by atoms with Crippen molar-refractivity contribution in [3.8, 4) is 5.88 Å². The average Bonchev–Trinajstić information content (AvgIpc) is 3.09. The Balaban J connectivity index is 1.69. The van der Waals surface area contributed by atoms with Crippen molar-refractivity contribution in [2.45, 2.75) is 25.5 Å². The lowest BCUT2D eigenvalue weighted by atomic mass is 9.83. The van der Waals surface area contributed by atoms with Gasteiger partial charge >= 0.3 is 0 Å². The molecule has 11 heteroatoms. The van der Waals surface area contributed by atoms with Crippen LogP contribution in [0.1, 0.15) is 29.8 Å². The fraction of sp³-hybridized carbons (Fsp3) is 0.375. The number of aliphatic hydroxyl groups excluding tert-OH is 1. The molecule has 0 saturated heterocycles. The molecular formula is C16H18FN5O5. The van der Waals surface area contributed by atoms with Gasteiger partial charge in [0.15, 0.2) is 12.4 Å². The maximum Gasteiger partial charge on any atom is 0.287 e. The number of aliphatic imine (C=N–C) groups is 1. The number of rotatable bonds is 7. The topological polar surface area (TPSA) is 142 Å². The van der Waals surface area contributed by atoms with Crippen LogP contribution in [0.4, 0.5) is 4.39 Å². The molecule has 10 nitrogen and oxygen atoms in total. The number of fused-ring (bicyclic) bond motifs is 1. The van der Waals surface area contributed by atoms with E-state index in [1.54, 1.807) is 6.07 Å². The van der Waals surface area contributed by atoms with Crippen LogP contribution in [0.25, 0.3) is 0 Å². The number of ether oxygens (including phenoxy) is 1. The van der Waals surface area contributed by atoms with E-state index in [0.717, 1.165) is 5.56 Å². The van der Waals surface area contributed by atoms with Gasteiger partial charge in [-0.2, -0.15) is 0 Å². The van der Waals surface area contributed by atoms with Crippen LogP contribution in [0.15, 0.2) is 27.8 Å². The number of hydroxylamine groups is 1. The Morgan fingerprint density at radius 2 is 2.33 bits per heavy atom. The first-order valence-corrected chi connectivity index (χ1v) is 8.14. The molecule has 0 aliphatic heterocycles. The minimum absolute atomic E-state index is 0.0364. The number of halogens is 1. The van der Waals surface area contributed by atoms with Crippen molar-refractivity contribution in [3.05, 3.63) is 40.8 Å². The number of aromatic nitrogens is 2. The van der Waals surface area contributed by atoms with E-state index in [9.17, 15) is 14.4 Å². The number of hydrogen-bond acceptors (Lipinski definition) is 8. The smallest absolute Gasteiger partial charge is 0.287 e. The van der Waals surface area contributed by atoms with Crippen LogP contribution >= 0.6 is 0 Å². The minimum atomic E-state index is -0.689. The van der Waals surface area contributed by atoms with Crippen LogP contribution in [0.3, 0.4) is 0 Å². The number of carbonyl (C=O) groups is 1. The van der Waals surface area contributed by atoms with Crippen LogP contribution in [-0.4, -0.2) is 51.6 Å². The molecule has 3 rings (SSSR count). The number of hydrogen-bond donors (Lipinski definition) is 4. The lowest BCUT2D eigenvalue weighted by Crippen LogP contribution is -2.34. The van der Waals surface area contributed by atoms with Crippen LogP contribution in [-0.2, 0) is 11.2 Å². The molecule has 4 N–H and O–H groups in total. The molecule has 1 aliphatic rings. The monoisotopic (exact) mass is 379 g/mol. The van der Waals surface area contributed by atoms with Crippen LogP contribution in [0.5, 0.6) is 5.88 Å². The normalized spacial score (nSPS) is 16.9. The molecular weight excluding hydrogens is 361 g/mol. The summed E-state index contributed by atoms with van der Waals surface area (Å²) in [5, 5.41) is 28.1. The molecule has 0 saturated carbocycles. The van der Waals surface area contributed by atoms with E-state index in [0.29, 0.717) is 12.0 Å². The van der Waals surface area contributed by atoms with Crippen LogP contribution in [0, 0.1) is 5.82 Å². The van der Waals surface area contributed by atoms with Crippen molar-refractivity contribution in [2.24, 2.45) is 4.99 Å². The van der Waals surface area contributed by atoms with Crippen molar-refractivity contribution in [3.63, 3.8) is 0 Å². The zero-order chi connectivity index (χ0) is 19.4. The molecule has 0 spiro atoms. The number of nitrogens with zero attached hydrogens (tertiary/aromatic N) is 3. The molecule has 27 heavy (non-hydrogen) atoms. The van der Waals surface area contributed by atoms with Crippen LogP contribution in [0.2, 0.25) is 0 Å². The summed E-state index contributed by atoms with van der Waals surface area (Å²) in [5.41, 5.74) is 3.53. The summed E-state index contributed by atoms with van der Waals surface area (Å²) in [6, 6.07) is 4.07. The predicted octanol–water partition coefficient (Wildman–Crippen LogP) is 0.107. The summed E-state index contributed by atoms with van der Waals surface area (Å²) >= 11 is 0. The van der Waals surface area contributed by atoms with Gasteiger partial charge in [0.05, 0.1) is 12.1 Å². The summed E-state index contributed by atoms with van der Waals surface area (Å²) in [6.45, 7) is 1.21. The van der Waals surface area contributed by atoms with E-state index in [2.05, 4.69) is 25.3 Å². The van der Waals surface area contributed by atoms with E-state index in [1.807, 2.05) is 5.48 Å². The molecule has 2 atom stereocenters. The molecule has 0 radical (unpaired) electrons. The predicted molar refractivity (Wildman–Crippen MR) is 88.8 cm³/mol. The molecule has 2 aromatic rings. The Morgan fingerprint density at radius 1 is 1.52 bits per heavy atom. The molecule has 1 aromatic carbocycles. The second kappa shape index (κ2) is 8.10. The van der Waals surface area contributed by atoms with Gasteiger partial charge in [0, 0.05) is 6.54 Å². The first-order chi connectivity index (χ1) is 13.0. The quantitative estimate of drug-likeness (QED) is 0.302. The minimum Gasteiger partial charge on any atom is -0.464 e. The van der Waals surface area contributed by atoms with Gasteiger partial charge in [0.2, 0.25) is 5.69 Å². The zero-order valence-electron chi connectivity index (χ0n) is 14.3. The maximum atomic E-state index is 13.4. The van der Waals surface area contributed by atoms with E-state index < -0.39 is 18.6 Å². The van der Waals surface area contributed by atoms with Gasteiger partial charge in [-0.15, -0.1) is 0 Å². The maximum absolute atomic E-state index is 13.4. The number of benzene rings is 1. The third kappa shape index (κ3) is 4.38.